The Labute approximate surface area is 233 Å². The maximum Gasteiger partial charge on any atom is 0.573 e. The van der Waals surface area contributed by atoms with E-state index in [1.165, 1.54) is 18.0 Å². The van der Waals surface area contributed by atoms with E-state index in [9.17, 15) is 36.3 Å². The summed E-state index contributed by atoms with van der Waals surface area (Å²) in [5.74, 6) is -2.55. The number of anilines is 1. The van der Waals surface area contributed by atoms with E-state index >= 15 is 0 Å². The van der Waals surface area contributed by atoms with E-state index in [2.05, 4.69) is 25.5 Å². The molecule has 16 heteroatoms. The number of carboxylic acids is 1. The molecule has 41 heavy (non-hydrogen) atoms. The van der Waals surface area contributed by atoms with Gasteiger partial charge in [0.1, 0.15) is 17.6 Å². The number of pyridine rings is 1. The van der Waals surface area contributed by atoms with Gasteiger partial charge in [-0.2, -0.15) is 9.82 Å². The molecule has 0 saturated heterocycles. The number of aromatic nitrogens is 3. The number of benzene rings is 1. The number of amides is 1. The lowest BCUT2D eigenvalue weighted by molar-refractivity contribution is -0.274. The molecule has 0 spiro atoms. The summed E-state index contributed by atoms with van der Waals surface area (Å²) in [7, 11) is -4.25. The van der Waals surface area contributed by atoms with Crippen LogP contribution < -0.4 is 20.1 Å². The minimum atomic E-state index is -4.90. The van der Waals surface area contributed by atoms with E-state index in [0.717, 1.165) is 55.2 Å². The molecule has 1 atom stereocenters. The van der Waals surface area contributed by atoms with Crippen molar-refractivity contribution in [2.24, 2.45) is 0 Å². The third-order valence-corrected chi connectivity index (χ3v) is 7.40. The number of fused-ring (bicyclic) bond motifs is 1. The number of rotatable bonds is 12. The SMILES string of the molecule is O=C(NCC(NS(=O)(=O)Cc1ccc(OC(F)(F)F)cc1)C(=O)O)c1cnn(CCc2ccc3c(n2)NCCC3)c1. The predicted molar refractivity (Wildman–Crippen MR) is 140 cm³/mol. The van der Waals surface area contributed by atoms with Crippen molar-refractivity contribution in [1.82, 2.24) is 24.8 Å². The van der Waals surface area contributed by atoms with Crippen molar-refractivity contribution in [1.29, 1.82) is 0 Å². The van der Waals surface area contributed by atoms with Gasteiger partial charge in [0.15, 0.2) is 0 Å². The zero-order valence-electron chi connectivity index (χ0n) is 21.5. The highest BCUT2D eigenvalue weighted by molar-refractivity contribution is 7.88. The third kappa shape index (κ3) is 8.91. The maximum absolute atomic E-state index is 12.6. The van der Waals surface area contributed by atoms with Gasteiger partial charge in [-0.05, 0) is 42.2 Å². The normalized spacial score (nSPS) is 14.0. The van der Waals surface area contributed by atoms with Gasteiger partial charge in [-0.25, -0.2) is 13.4 Å². The summed E-state index contributed by atoms with van der Waals surface area (Å²) in [5.41, 5.74) is 2.28. The summed E-state index contributed by atoms with van der Waals surface area (Å²) in [4.78, 5) is 28.8. The number of nitrogens with one attached hydrogen (secondary N) is 3. The Bertz CT molecular complexity index is 1490. The molecule has 1 unspecified atom stereocenters. The first-order valence-electron chi connectivity index (χ1n) is 12.5. The molecule has 0 aliphatic carbocycles. The van der Waals surface area contributed by atoms with Crippen LogP contribution in [0.3, 0.4) is 0 Å². The molecule has 4 rings (SSSR count). The van der Waals surface area contributed by atoms with Crippen molar-refractivity contribution in [2.75, 3.05) is 18.4 Å². The largest absolute Gasteiger partial charge is 0.573 e. The van der Waals surface area contributed by atoms with Gasteiger partial charge in [-0.3, -0.25) is 14.3 Å². The number of hydrogen-bond acceptors (Lipinski definition) is 8. The van der Waals surface area contributed by atoms with Crippen LogP contribution in [0.15, 0.2) is 48.8 Å². The molecule has 0 fully saturated rings. The fraction of sp³-hybridized carbons (Fsp3) is 0.360. The first-order valence-corrected chi connectivity index (χ1v) is 14.1. The lowest BCUT2D eigenvalue weighted by Crippen LogP contribution is -2.48. The molecular weight excluding hydrogens is 569 g/mol. The van der Waals surface area contributed by atoms with Gasteiger partial charge in [0.05, 0.1) is 17.5 Å². The van der Waals surface area contributed by atoms with Crippen LogP contribution in [-0.4, -0.2) is 65.7 Å². The summed E-state index contributed by atoms with van der Waals surface area (Å²) in [6, 6.07) is 6.38. The Hall–Kier alpha value is -4.18. The highest BCUT2D eigenvalue weighted by Crippen LogP contribution is 2.23. The number of carboxylic acid groups (broad SMARTS) is 1. The molecule has 220 valence electrons. The first kappa shape index (κ1) is 29.8. The number of carbonyl (C=O) groups is 2. The number of ether oxygens (including phenoxy) is 1. The van der Waals surface area contributed by atoms with E-state index < -0.39 is 52.4 Å². The number of sulfonamides is 1. The smallest absolute Gasteiger partial charge is 0.480 e. The average molecular weight is 597 g/mol. The second kappa shape index (κ2) is 12.6. The summed E-state index contributed by atoms with van der Waals surface area (Å²) < 4.78 is 69.1. The van der Waals surface area contributed by atoms with E-state index in [1.54, 1.807) is 4.68 Å². The van der Waals surface area contributed by atoms with Crippen molar-refractivity contribution in [3.63, 3.8) is 0 Å². The molecule has 3 heterocycles. The van der Waals surface area contributed by atoms with Crippen molar-refractivity contribution < 1.29 is 41.0 Å². The number of hydrogen-bond donors (Lipinski definition) is 4. The summed E-state index contributed by atoms with van der Waals surface area (Å²) in [6.45, 7) is 0.756. The molecular formula is C25H27F3N6O6S. The highest BCUT2D eigenvalue weighted by atomic mass is 32.2. The molecule has 0 radical (unpaired) electrons. The number of halogens is 3. The monoisotopic (exact) mass is 596 g/mol. The molecule has 1 aliphatic heterocycles. The molecule has 0 saturated carbocycles. The molecule has 12 nitrogen and oxygen atoms in total. The van der Waals surface area contributed by atoms with Crippen LogP contribution in [0.25, 0.3) is 0 Å². The van der Waals surface area contributed by atoms with Gasteiger partial charge in [-0.1, -0.05) is 18.2 Å². The van der Waals surface area contributed by atoms with Crippen LogP contribution in [0.2, 0.25) is 0 Å². The topological polar surface area (TPSA) is 165 Å². The fourth-order valence-electron chi connectivity index (χ4n) is 4.08. The molecule has 2 aromatic heterocycles. The highest BCUT2D eigenvalue weighted by Gasteiger charge is 2.31. The van der Waals surface area contributed by atoms with E-state index in [4.69, 9.17) is 0 Å². The van der Waals surface area contributed by atoms with Crippen LogP contribution in [0.4, 0.5) is 19.0 Å². The summed E-state index contributed by atoms with van der Waals surface area (Å²) in [6.07, 6.45) is 0.506. The Morgan fingerprint density at radius 3 is 2.63 bits per heavy atom. The van der Waals surface area contributed by atoms with Gasteiger partial charge in [-0.15, -0.1) is 13.2 Å². The second-order valence-electron chi connectivity index (χ2n) is 9.25. The Morgan fingerprint density at radius 1 is 1.17 bits per heavy atom. The van der Waals surface area contributed by atoms with Gasteiger partial charge in [0.25, 0.3) is 5.91 Å². The lowest BCUT2D eigenvalue weighted by Gasteiger charge is -2.17. The van der Waals surface area contributed by atoms with Crippen molar-refractivity contribution in [2.45, 2.75) is 44.0 Å². The second-order valence-corrected chi connectivity index (χ2v) is 11.0. The Morgan fingerprint density at radius 2 is 1.93 bits per heavy atom. The zero-order chi connectivity index (χ0) is 29.6. The van der Waals surface area contributed by atoms with E-state index in [0.29, 0.717) is 13.0 Å². The summed E-state index contributed by atoms with van der Waals surface area (Å²) >= 11 is 0. The summed E-state index contributed by atoms with van der Waals surface area (Å²) in [5, 5.41) is 19.3. The quantitative estimate of drug-likeness (QED) is 0.245. The van der Waals surface area contributed by atoms with Crippen molar-refractivity contribution in [3.05, 3.63) is 71.2 Å². The van der Waals surface area contributed by atoms with Gasteiger partial charge < -0.3 is 20.5 Å². The number of carbonyl (C=O) groups excluding carboxylic acids is 1. The van der Waals surface area contributed by atoms with Crippen LogP contribution in [-0.2, 0) is 40.0 Å². The molecule has 3 aromatic rings. The van der Waals surface area contributed by atoms with Crippen LogP contribution in [0.1, 0.15) is 33.6 Å². The number of nitrogens with zero attached hydrogens (tertiary/aromatic N) is 3. The minimum Gasteiger partial charge on any atom is -0.480 e. The average Bonchev–Trinajstić information content (AvgIpc) is 3.39. The predicted octanol–water partition coefficient (Wildman–Crippen LogP) is 2.08. The lowest BCUT2D eigenvalue weighted by atomic mass is 10.1. The van der Waals surface area contributed by atoms with E-state index in [-0.39, 0.29) is 11.1 Å². The Balaban J connectivity index is 1.28. The van der Waals surface area contributed by atoms with E-state index in [1.807, 2.05) is 16.9 Å². The zero-order valence-corrected chi connectivity index (χ0v) is 22.3. The standard InChI is InChI=1S/C25H27F3N6O6S/c26-25(27,28)40-20-7-3-16(4-8-20)15-41(38,39)33-21(24(36)37)13-30-23(35)18-12-31-34(14-18)11-9-19-6-5-17-2-1-10-29-22(17)32-19/h3-8,12,14,21,33H,1-2,9-11,13,15H2,(H,29,32)(H,30,35)(H,36,37). The number of alkyl halides is 3. The van der Waals surface area contributed by atoms with Crippen LogP contribution in [0, 0.1) is 0 Å². The fourth-order valence-corrected chi connectivity index (χ4v) is 5.41. The number of aryl methyl sites for hydroxylation is 3. The van der Waals surface area contributed by atoms with Crippen LogP contribution in [0.5, 0.6) is 5.75 Å². The van der Waals surface area contributed by atoms with Crippen molar-refractivity contribution >= 4 is 27.7 Å². The molecule has 4 N–H and O–H groups in total. The van der Waals surface area contributed by atoms with Gasteiger partial charge in [0, 0.05) is 37.9 Å². The van der Waals surface area contributed by atoms with Gasteiger partial charge >= 0.3 is 12.3 Å². The molecule has 1 aliphatic rings. The molecule has 1 amide bonds. The molecule has 1 aromatic carbocycles. The first-order chi connectivity index (χ1) is 19.4. The van der Waals surface area contributed by atoms with Crippen molar-refractivity contribution in [3.8, 4) is 5.75 Å². The van der Waals surface area contributed by atoms with Crippen LogP contribution >= 0.6 is 0 Å². The maximum atomic E-state index is 12.6. The molecule has 0 bridgehead atoms. The third-order valence-electron chi connectivity index (χ3n) is 6.04. The Kier molecular flexibility index (Phi) is 9.12. The van der Waals surface area contributed by atoms with Gasteiger partial charge in [0.2, 0.25) is 10.0 Å². The minimum absolute atomic E-state index is 0.0921. The number of aliphatic carboxylic acids is 1.